The van der Waals surface area contributed by atoms with Gasteiger partial charge in [-0.05, 0) is 25.0 Å². The average Bonchev–Trinajstić information content (AvgIpc) is 3.35. The number of hydrogen-bond donors (Lipinski definition) is 0. The molecule has 4 rings (SSSR count). The van der Waals surface area contributed by atoms with Gasteiger partial charge in [0.1, 0.15) is 17.1 Å². The molecule has 1 aliphatic heterocycles. The lowest BCUT2D eigenvalue weighted by molar-refractivity contribution is 0.397. The zero-order chi connectivity index (χ0) is 17.4. The number of aryl methyl sites for hydroxylation is 1. The smallest absolute Gasteiger partial charge is 0.276 e. The second-order valence-electron chi connectivity index (χ2n) is 5.80. The molecule has 0 aromatic carbocycles. The van der Waals surface area contributed by atoms with E-state index < -0.39 is 10.0 Å². The topological polar surface area (TPSA) is 94.1 Å². The summed E-state index contributed by atoms with van der Waals surface area (Å²) in [5.74, 6) is 1.08. The van der Waals surface area contributed by atoms with E-state index in [1.54, 1.807) is 16.9 Å². The van der Waals surface area contributed by atoms with E-state index in [-0.39, 0.29) is 5.09 Å². The fourth-order valence-electron chi connectivity index (χ4n) is 2.83. The van der Waals surface area contributed by atoms with Crippen molar-refractivity contribution in [2.45, 2.75) is 28.7 Å². The van der Waals surface area contributed by atoms with Crippen LogP contribution in [0.25, 0.3) is 11.0 Å². The van der Waals surface area contributed by atoms with Gasteiger partial charge in [-0.1, -0.05) is 11.8 Å². The Bertz CT molecular complexity index is 1010. The first-order chi connectivity index (χ1) is 12.1. The van der Waals surface area contributed by atoms with Gasteiger partial charge in [-0.2, -0.15) is 9.40 Å². The van der Waals surface area contributed by atoms with Crippen molar-refractivity contribution < 1.29 is 12.8 Å². The number of nitrogens with zero attached hydrogens (tertiary/aromatic N) is 5. The van der Waals surface area contributed by atoms with Crippen LogP contribution in [0.4, 0.5) is 0 Å². The summed E-state index contributed by atoms with van der Waals surface area (Å²) in [4.78, 5) is 8.49. The summed E-state index contributed by atoms with van der Waals surface area (Å²) in [6, 6.07) is 3.24. The summed E-state index contributed by atoms with van der Waals surface area (Å²) in [6.07, 6.45) is 5.02. The van der Waals surface area contributed by atoms with Gasteiger partial charge in [-0.25, -0.2) is 18.4 Å². The Morgan fingerprint density at radius 2 is 2.04 bits per heavy atom. The predicted molar refractivity (Wildman–Crippen MR) is 92.6 cm³/mol. The molecule has 3 aromatic heterocycles. The number of rotatable bonds is 5. The third-order valence-corrected chi connectivity index (χ3v) is 6.94. The Balaban J connectivity index is 1.51. The Kier molecular flexibility index (Phi) is 4.26. The summed E-state index contributed by atoms with van der Waals surface area (Å²) < 4.78 is 33.7. The number of aromatic nitrogens is 4. The normalized spacial score (nSPS) is 16.0. The van der Waals surface area contributed by atoms with Gasteiger partial charge in [0.15, 0.2) is 5.65 Å². The third kappa shape index (κ3) is 3.05. The first-order valence-electron chi connectivity index (χ1n) is 7.90. The van der Waals surface area contributed by atoms with Crippen LogP contribution in [0, 0.1) is 0 Å². The van der Waals surface area contributed by atoms with Crippen molar-refractivity contribution in [2.75, 3.05) is 13.1 Å². The molecule has 0 atom stereocenters. The van der Waals surface area contributed by atoms with Crippen LogP contribution in [-0.2, 0) is 22.8 Å². The van der Waals surface area contributed by atoms with Crippen molar-refractivity contribution in [3.8, 4) is 0 Å². The minimum absolute atomic E-state index is 0.0132. The Morgan fingerprint density at radius 1 is 1.24 bits per heavy atom. The van der Waals surface area contributed by atoms with Gasteiger partial charge in [-0.15, -0.1) is 0 Å². The largest absolute Gasteiger partial charge is 0.447 e. The lowest BCUT2D eigenvalue weighted by atomic mass is 10.4. The highest BCUT2D eigenvalue weighted by Crippen LogP contribution is 2.29. The molecule has 25 heavy (non-hydrogen) atoms. The van der Waals surface area contributed by atoms with Crippen LogP contribution in [0.5, 0.6) is 0 Å². The van der Waals surface area contributed by atoms with Crippen LogP contribution < -0.4 is 0 Å². The van der Waals surface area contributed by atoms with Crippen molar-refractivity contribution in [2.24, 2.45) is 7.05 Å². The molecule has 0 radical (unpaired) electrons. The Hall–Kier alpha value is -1.91. The molecule has 0 aliphatic carbocycles. The number of hydrogen-bond acceptors (Lipinski definition) is 7. The minimum Gasteiger partial charge on any atom is -0.447 e. The van der Waals surface area contributed by atoms with Gasteiger partial charge >= 0.3 is 0 Å². The molecule has 1 aliphatic rings. The van der Waals surface area contributed by atoms with Gasteiger partial charge in [0.05, 0.1) is 17.3 Å². The number of thioether (sulfide) groups is 1. The van der Waals surface area contributed by atoms with Crippen LogP contribution >= 0.6 is 11.8 Å². The standard InChI is InChI=1S/C15H17N5O3S2/c1-19-14-12(8-18-19)15(17-10-16-14)24-9-11-4-5-13(23-11)25(21,22)20-6-2-3-7-20/h4-5,8,10H,2-3,6-7,9H2,1H3. The highest BCUT2D eigenvalue weighted by molar-refractivity contribution is 7.98. The maximum absolute atomic E-state index is 12.5. The first kappa shape index (κ1) is 16.6. The molecular weight excluding hydrogens is 362 g/mol. The van der Waals surface area contributed by atoms with E-state index in [1.165, 1.54) is 28.5 Å². The number of furan rings is 1. The maximum atomic E-state index is 12.5. The van der Waals surface area contributed by atoms with Crippen molar-refractivity contribution >= 4 is 32.8 Å². The van der Waals surface area contributed by atoms with Gasteiger partial charge in [-0.3, -0.25) is 4.68 Å². The monoisotopic (exact) mass is 379 g/mol. The molecule has 0 bridgehead atoms. The zero-order valence-electron chi connectivity index (χ0n) is 13.6. The van der Waals surface area contributed by atoms with Crippen LogP contribution in [0.2, 0.25) is 0 Å². The molecule has 10 heteroatoms. The Morgan fingerprint density at radius 3 is 2.84 bits per heavy atom. The quantitative estimate of drug-likeness (QED) is 0.494. The van der Waals surface area contributed by atoms with Gasteiger partial charge in [0, 0.05) is 20.1 Å². The zero-order valence-corrected chi connectivity index (χ0v) is 15.3. The molecule has 132 valence electrons. The molecule has 8 nitrogen and oxygen atoms in total. The van der Waals surface area contributed by atoms with Gasteiger partial charge in [0.25, 0.3) is 10.0 Å². The lowest BCUT2D eigenvalue weighted by Gasteiger charge is -2.12. The fraction of sp³-hybridized carbons (Fsp3) is 0.400. The second kappa shape index (κ2) is 6.43. The summed E-state index contributed by atoms with van der Waals surface area (Å²) in [5.41, 5.74) is 0.759. The van der Waals surface area contributed by atoms with E-state index in [0.29, 0.717) is 24.6 Å². The molecule has 0 unspecified atom stereocenters. The van der Waals surface area contributed by atoms with E-state index in [1.807, 2.05) is 7.05 Å². The molecule has 0 amide bonds. The third-order valence-electron chi connectivity index (χ3n) is 4.14. The molecule has 0 saturated carbocycles. The summed E-state index contributed by atoms with van der Waals surface area (Å²) in [5, 5.41) is 5.85. The van der Waals surface area contributed by atoms with E-state index in [4.69, 9.17) is 4.42 Å². The molecule has 1 fully saturated rings. The maximum Gasteiger partial charge on any atom is 0.276 e. The second-order valence-corrected chi connectivity index (χ2v) is 8.64. The van der Waals surface area contributed by atoms with Crippen molar-refractivity contribution in [1.29, 1.82) is 0 Å². The van der Waals surface area contributed by atoms with Crippen LogP contribution in [0.3, 0.4) is 0 Å². The van der Waals surface area contributed by atoms with Crippen molar-refractivity contribution in [3.63, 3.8) is 0 Å². The molecule has 0 N–H and O–H groups in total. The van der Waals surface area contributed by atoms with Gasteiger partial charge < -0.3 is 4.42 Å². The molecule has 0 spiro atoms. The fourth-order valence-corrected chi connectivity index (χ4v) is 5.13. The molecule has 4 heterocycles. The summed E-state index contributed by atoms with van der Waals surface area (Å²) in [6.45, 7) is 1.13. The number of sulfonamides is 1. The van der Waals surface area contributed by atoms with E-state index in [0.717, 1.165) is 28.9 Å². The van der Waals surface area contributed by atoms with E-state index in [2.05, 4.69) is 15.1 Å². The average molecular weight is 379 g/mol. The molecule has 3 aromatic rings. The van der Waals surface area contributed by atoms with Crippen LogP contribution in [-0.4, -0.2) is 45.6 Å². The minimum atomic E-state index is -3.51. The molecular formula is C15H17N5O3S2. The van der Waals surface area contributed by atoms with Crippen LogP contribution in [0.15, 0.2) is 39.2 Å². The van der Waals surface area contributed by atoms with Gasteiger partial charge in [0.2, 0.25) is 5.09 Å². The lowest BCUT2D eigenvalue weighted by Crippen LogP contribution is -2.27. The highest BCUT2D eigenvalue weighted by Gasteiger charge is 2.29. The highest BCUT2D eigenvalue weighted by atomic mass is 32.2. The van der Waals surface area contributed by atoms with E-state index in [9.17, 15) is 8.42 Å². The summed E-state index contributed by atoms with van der Waals surface area (Å²) >= 11 is 1.47. The number of fused-ring (bicyclic) bond motifs is 1. The SMILES string of the molecule is Cn1ncc2c(SCc3ccc(S(=O)(=O)N4CCCC4)o3)ncnc21. The van der Waals surface area contributed by atoms with Crippen molar-refractivity contribution in [1.82, 2.24) is 24.1 Å². The predicted octanol–water partition coefficient (Wildman–Crippen LogP) is 2.03. The Labute approximate surface area is 149 Å². The van der Waals surface area contributed by atoms with Crippen molar-refractivity contribution in [3.05, 3.63) is 30.4 Å². The first-order valence-corrected chi connectivity index (χ1v) is 10.3. The van der Waals surface area contributed by atoms with E-state index >= 15 is 0 Å². The van der Waals surface area contributed by atoms with Crippen LogP contribution in [0.1, 0.15) is 18.6 Å². The summed E-state index contributed by atoms with van der Waals surface area (Å²) in [7, 11) is -1.69. The molecule has 1 saturated heterocycles.